The van der Waals surface area contributed by atoms with Gasteiger partial charge in [0.2, 0.25) is 0 Å². The number of carbonyl (C=O) groups is 1. The van der Waals surface area contributed by atoms with Gasteiger partial charge in [0.1, 0.15) is 6.10 Å². The molecule has 0 radical (unpaired) electrons. The molecule has 2 unspecified atom stereocenters. The molecule has 0 spiro atoms. The summed E-state index contributed by atoms with van der Waals surface area (Å²) < 4.78 is 4.65. The molecule has 4 heteroatoms. The molecular formula is C9H15NO3. The largest absolute Gasteiger partial charge is 0.506 e. The van der Waals surface area contributed by atoms with Crippen molar-refractivity contribution in [2.24, 2.45) is 5.73 Å². The quantitative estimate of drug-likeness (QED) is 0.479. The fourth-order valence-electron chi connectivity index (χ4n) is 1.43. The van der Waals surface area contributed by atoms with E-state index in [0.717, 1.165) is 25.7 Å². The van der Waals surface area contributed by atoms with Crippen molar-refractivity contribution < 1.29 is 14.6 Å². The lowest BCUT2D eigenvalue weighted by molar-refractivity contribution is 0.0647. The van der Waals surface area contributed by atoms with E-state index in [1.807, 2.05) is 6.08 Å². The van der Waals surface area contributed by atoms with E-state index in [1.54, 1.807) is 6.08 Å². The van der Waals surface area contributed by atoms with Crippen LogP contribution in [0.4, 0.5) is 4.79 Å². The summed E-state index contributed by atoms with van der Waals surface area (Å²) in [7, 11) is 0. The maximum Gasteiger partial charge on any atom is 0.506 e. The average Bonchev–Trinajstić information content (AvgIpc) is 1.99. The van der Waals surface area contributed by atoms with Gasteiger partial charge in [-0.2, -0.15) is 0 Å². The van der Waals surface area contributed by atoms with Crippen molar-refractivity contribution in [2.45, 2.75) is 37.8 Å². The zero-order valence-corrected chi connectivity index (χ0v) is 7.48. The lowest BCUT2D eigenvalue weighted by atomic mass is 10.0. The van der Waals surface area contributed by atoms with Crippen LogP contribution in [-0.2, 0) is 4.74 Å². The van der Waals surface area contributed by atoms with Crippen molar-refractivity contribution in [3.63, 3.8) is 0 Å². The fourth-order valence-corrected chi connectivity index (χ4v) is 1.43. The normalized spacial score (nSPS) is 31.5. The molecule has 1 rings (SSSR count). The number of nitrogens with two attached hydrogens (primary N) is 1. The van der Waals surface area contributed by atoms with E-state index < -0.39 is 6.16 Å². The van der Waals surface area contributed by atoms with Gasteiger partial charge in [-0.1, -0.05) is 6.08 Å². The Hall–Kier alpha value is -1.03. The number of ether oxygens (including phenoxy) is 1. The third-order valence-electron chi connectivity index (χ3n) is 2.11. The van der Waals surface area contributed by atoms with Crippen molar-refractivity contribution in [3.05, 3.63) is 12.2 Å². The van der Waals surface area contributed by atoms with E-state index in [4.69, 9.17) is 10.8 Å². The van der Waals surface area contributed by atoms with E-state index in [0.29, 0.717) is 0 Å². The van der Waals surface area contributed by atoms with Gasteiger partial charge < -0.3 is 15.6 Å². The molecule has 0 fully saturated rings. The first-order valence-electron chi connectivity index (χ1n) is 4.50. The molecule has 0 saturated carbocycles. The van der Waals surface area contributed by atoms with Gasteiger partial charge in [-0.05, 0) is 31.8 Å². The lowest BCUT2D eigenvalue weighted by Crippen LogP contribution is -2.22. The van der Waals surface area contributed by atoms with Crippen molar-refractivity contribution in [1.82, 2.24) is 0 Å². The van der Waals surface area contributed by atoms with Gasteiger partial charge in [0, 0.05) is 6.04 Å². The van der Waals surface area contributed by atoms with Crippen LogP contribution >= 0.6 is 0 Å². The number of hydrogen-bond donors (Lipinski definition) is 2. The van der Waals surface area contributed by atoms with E-state index in [9.17, 15) is 4.79 Å². The third-order valence-corrected chi connectivity index (χ3v) is 2.11. The van der Waals surface area contributed by atoms with Crippen molar-refractivity contribution >= 4 is 6.16 Å². The second-order valence-electron chi connectivity index (χ2n) is 3.28. The van der Waals surface area contributed by atoms with Crippen LogP contribution in [0.5, 0.6) is 0 Å². The second-order valence-corrected chi connectivity index (χ2v) is 3.28. The molecule has 3 N–H and O–H groups in total. The zero-order valence-electron chi connectivity index (χ0n) is 7.48. The first-order chi connectivity index (χ1) is 6.18. The summed E-state index contributed by atoms with van der Waals surface area (Å²) in [6.07, 6.45) is 5.58. The summed E-state index contributed by atoms with van der Waals surface area (Å²) >= 11 is 0. The van der Waals surface area contributed by atoms with E-state index in [1.165, 1.54) is 0 Å². The third kappa shape index (κ3) is 3.94. The minimum atomic E-state index is -1.21. The SMILES string of the molecule is NC1C/C=C/C(OC(=O)O)CCC1. The molecule has 0 bridgehead atoms. The summed E-state index contributed by atoms with van der Waals surface area (Å²) in [4.78, 5) is 10.2. The van der Waals surface area contributed by atoms with Crippen LogP contribution in [0.15, 0.2) is 12.2 Å². The summed E-state index contributed by atoms with van der Waals surface area (Å²) in [5.41, 5.74) is 5.74. The highest BCUT2D eigenvalue weighted by atomic mass is 16.7. The topological polar surface area (TPSA) is 72.5 Å². The molecule has 1 aliphatic carbocycles. The van der Waals surface area contributed by atoms with Gasteiger partial charge in [-0.25, -0.2) is 4.79 Å². The number of carboxylic acid groups (broad SMARTS) is 1. The van der Waals surface area contributed by atoms with Gasteiger partial charge >= 0.3 is 6.16 Å². The average molecular weight is 185 g/mol. The molecule has 0 aromatic heterocycles. The maximum absolute atomic E-state index is 10.2. The Morgan fingerprint density at radius 3 is 3.00 bits per heavy atom. The van der Waals surface area contributed by atoms with Gasteiger partial charge in [-0.3, -0.25) is 0 Å². The van der Waals surface area contributed by atoms with Gasteiger partial charge in [0.25, 0.3) is 0 Å². The highest BCUT2D eigenvalue weighted by Gasteiger charge is 2.13. The smallest absolute Gasteiger partial charge is 0.450 e. The molecule has 0 aromatic carbocycles. The predicted molar refractivity (Wildman–Crippen MR) is 48.5 cm³/mol. The monoisotopic (exact) mass is 185 g/mol. The molecule has 0 aliphatic heterocycles. The summed E-state index contributed by atoms with van der Waals surface area (Å²) in [5, 5.41) is 8.40. The molecule has 0 saturated heterocycles. The Morgan fingerprint density at radius 2 is 2.31 bits per heavy atom. The molecule has 74 valence electrons. The Bertz CT molecular complexity index is 203. The molecule has 13 heavy (non-hydrogen) atoms. The molecular weight excluding hydrogens is 170 g/mol. The minimum Gasteiger partial charge on any atom is -0.450 e. The first kappa shape index (κ1) is 10.1. The Morgan fingerprint density at radius 1 is 1.54 bits per heavy atom. The highest BCUT2D eigenvalue weighted by molar-refractivity contribution is 5.57. The van der Waals surface area contributed by atoms with Crippen molar-refractivity contribution in [2.75, 3.05) is 0 Å². The van der Waals surface area contributed by atoms with Gasteiger partial charge in [-0.15, -0.1) is 0 Å². The number of rotatable bonds is 1. The standard InChI is InChI=1S/C9H15NO3/c10-7-3-1-5-8(6-2-4-7)13-9(11)12/h1,5,7-8H,2-4,6,10H2,(H,11,12)/b5-1+. The summed E-state index contributed by atoms with van der Waals surface area (Å²) in [5.74, 6) is 0. The molecule has 0 heterocycles. The van der Waals surface area contributed by atoms with Gasteiger partial charge in [0.15, 0.2) is 0 Å². The Kier molecular flexibility index (Phi) is 3.76. The number of hydrogen-bond acceptors (Lipinski definition) is 3. The van der Waals surface area contributed by atoms with Crippen LogP contribution in [0.1, 0.15) is 25.7 Å². The summed E-state index contributed by atoms with van der Waals surface area (Å²) in [6.45, 7) is 0. The van der Waals surface area contributed by atoms with E-state index in [2.05, 4.69) is 4.74 Å². The summed E-state index contributed by atoms with van der Waals surface area (Å²) in [6, 6.07) is 0.210. The molecule has 0 amide bonds. The molecule has 1 aliphatic rings. The van der Waals surface area contributed by atoms with Gasteiger partial charge in [0.05, 0.1) is 0 Å². The van der Waals surface area contributed by atoms with Crippen molar-refractivity contribution in [1.29, 1.82) is 0 Å². The molecule has 4 nitrogen and oxygen atoms in total. The lowest BCUT2D eigenvalue weighted by Gasteiger charge is -2.16. The van der Waals surface area contributed by atoms with Crippen LogP contribution in [-0.4, -0.2) is 23.4 Å². The first-order valence-corrected chi connectivity index (χ1v) is 4.50. The van der Waals surface area contributed by atoms with Crippen LogP contribution in [0, 0.1) is 0 Å². The molecule has 2 atom stereocenters. The van der Waals surface area contributed by atoms with E-state index >= 15 is 0 Å². The fraction of sp³-hybridized carbons (Fsp3) is 0.667. The van der Waals surface area contributed by atoms with Crippen molar-refractivity contribution in [3.8, 4) is 0 Å². The van der Waals surface area contributed by atoms with Crippen LogP contribution in [0.25, 0.3) is 0 Å². The van der Waals surface area contributed by atoms with Crippen LogP contribution < -0.4 is 5.73 Å². The van der Waals surface area contributed by atoms with Crippen LogP contribution in [0.2, 0.25) is 0 Å². The van der Waals surface area contributed by atoms with E-state index in [-0.39, 0.29) is 12.1 Å². The molecule has 0 aromatic rings. The maximum atomic E-state index is 10.2. The Balaban J connectivity index is 2.42. The second kappa shape index (κ2) is 4.87. The predicted octanol–water partition coefficient (Wildman–Crippen LogP) is 1.51. The Labute approximate surface area is 77.4 Å². The highest BCUT2D eigenvalue weighted by Crippen LogP contribution is 2.13. The van der Waals surface area contributed by atoms with Crippen LogP contribution in [0.3, 0.4) is 0 Å². The minimum absolute atomic E-state index is 0.210. The zero-order chi connectivity index (χ0) is 9.68.